The molecule has 3 aromatic rings. The predicted molar refractivity (Wildman–Crippen MR) is 107 cm³/mol. The third-order valence-corrected chi connectivity index (χ3v) is 4.90. The molecule has 0 bridgehead atoms. The van der Waals surface area contributed by atoms with Crippen molar-refractivity contribution in [3.8, 4) is 0 Å². The van der Waals surface area contributed by atoms with E-state index in [0.717, 1.165) is 17.0 Å². The van der Waals surface area contributed by atoms with E-state index in [1.54, 1.807) is 27.5 Å². The molecule has 28 heavy (non-hydrogen) atoms. The minimum atomic E-state index is -0.714. The lowest BCUT2D eigenvalue weighted by atomic mass is 10.1. The highest BCUT2D eigenvalue weighted by molar-refractivity contribution is 6.31. The van der Waals surface area contributed by atoms with Crippen molar-refractivity contribution >= 4 is 17.5 Å². The number of methoxy groups -OCH3 is 1. The summed E-state index contributed by atoms with van der Waals surface area (Å²) in [6.07, 6.45) is 1.00. The number of aryl methyl sites for hydroxylation is 3. The van der Waals surface area contributed by atoms with Crippen LogP contribution in [0.25, 0.3) is 0 Å². The Morgan fingerprint density at radius 3 is 2.46 bits per heavy atom. The van der Waals surface area contributed by atoms with Crippen molar-refractivity contribution in [1.29, 1.82) is 0 Å². The number of amides is 1. The van der Waals surface area contributed by atoms with E-state index in [1.165, 1.54) is 7.11 Å². The Morgan fingerprint density at radius 1 is 1.21 bits per heavy atom. The summed E-state index contributed by atoms with van der Waals surface area (Å²) in [5, 5.41) is 9.38. The summed E-state index contributed by atoms with van der Waals surface area (Å²) in [5.41, 5.74) is 3.24. The predicted octanol–water partition coefficient (Wildman–Crippen LogP) is 3.03. The fourth-order valence-corrected chi connectivity index (χ4v) is 3.32. The summed E-state index contributed by atoms with van der Waals surface area (Å²) >= 11 is 6.28. The van der Waals surface area contributed by atoms with E-state index < -0.39 is 6.10 Å². The SMILES string of the molecule is CO[C@H](C(=O)N(Cc1cc(C)n(C)n1)Cc1nn(C)cc1Cl)c1ccccc1. The van der Waals surface area contributed by atoms with Crippen LogP contribution in [0.5, 0.6) is 0 Å². The Balaban J connectivity index is 1.91. The Labute approximate surface area is 169 Å². The molecule has 1 amide bonds. The Hall–Kier alpha value is -2.64. The van der Waals surface area contributed by atoms with Crippen LogP contribution in [-0.2, 0) is 36.7 Å². The van der Waals surface area contributed by atoms with E-state index in [1.807, 2.05) is 50.4 Å². The molecule has 1 atom stereocenters. The molecular weight excluding hydrogens is 378 g/mol. The molecule has 0 saturated carbocycles. The van der Waals surface area contributed by atoms with Crippen molar-refractivity contribution in [3.05, 3.63) is 70.3 Å². The van der Waals surface area contributed by atoms with Gasteiger partial charge in [-0.2, -0.15) is 10.2 Å². The topological polar surface area (TPSA) is 65.2 Å². The first kappa shape index (κ1) is 20.1. The first-order valence-electron chi connectivity index (χ1n) is 8.93. The van der Waals surface area contributed by atoms with Gasteiger partial charge >= 0.3 is 0 Å². The molecule has 148 valence electrons. The van der Waals surface area contributed by atoms with Gasteiger partial charge in [-0.05, 0) is 18.6 Å². The number of benzene rings is 1. The molecule has 0 aliphatic carbocycles. The van der Waals surface area contributed by atoms with Gasteiger partial charge in [0.05, 0.1) is 23.8 Å². The minimum absolute atomic E-state index is 0.168. The van der Waals surface area contributed by atoms with Crippen molar-refractivity contribution in [1.82, 2.24) is 24.5 Å². The third-order valence-electron chi connectivity index (χ3n) is 4.59. The molecule has 7 nitrogen and oxygen atoms in total. The normalized spacial score (nSPS) is 12.2. The van der Waals surface area contributed by atoms with Crippen LogP contribution in [0.1, 0.15) is 28.7 Å². The molecule has 2 aromatic heterocycles. The van der Waals surface area contributed by atoms with Gasteiger partial charge in [-0.1, -0.05) is 41.9 Å². The maximum atomic E-state index is 13.4. The summed E-state index contributed by atoms with van der Waals surface area (Å²) in [6, 6.07) is 11.4. The average molecular weight is 402 g/mol. The Bertz CT molecular complexity index is 931. The summed E-state index contributed by atoms with van der Waals surface area (Å²) in [4.78, 5) is 15.1. The van der Waals surface area contributed by atoms with E-state index in [2.05, 4.69) is 10.2 Å². The van der Waals surface area contributed by atoms with Gasteiger partial charge < -0.3 is 9.64 Å². The summed E-state index contributed by atoms with van der Waals surface area (Å²) in [6.45, 7) is 2.57. The summed E-state index contributed by atoms with van der Waals surface area (Å²) in [7, 11) is 5.21. The van der Waals surface area contributed by atoms with Crippen molar-refractivity contribution in [2.75, 3.05) is 7.11 Å². The van der Waals surface area contributed by atoms with Crippen molar-refractivity contribution in [2.24, 2.45) is 14.1 Å². The monoisotopic (exact) mass is 401 g/mol. The Morgan fingerprint density at radius 2 is 1.93 bits per heavy atom. The van der Waals surface area contributed by atoms with E-state index in [0.29, 0.717) is 17.3 Å². The van der Waals surface area contributed by atoms with Crippen molar-refractivity contribution < 1.29 is 9.53 Å². The van der Waals surface area contributed by atoms with Crippen LogP contribution in [0, 0.1) is 6.92 Å². The minimum Gasteiger partial charge on any atom is -0.367 e. The number of nitrogens with zero attached hydrogens (tertiary/aromatic N) is 5. The molecule has 0 fully saturated rings. The van der Waals surface area contributed by atoms with Gasteiger partial charge in [-0.15, -0.1) is 0 Å². The van der Waals surface area contributed by atoms with Crippen LogP contribution in [0.2, 0.25) is 5.02 Å². The van der Waals surface area contributed by atoms with Crippen LogP contribution in [0.4, 0.5) is 0 Å². The van der Waals surface area contributed by atoms with Gasteiger partial charge in [0.1, 0.15) is 5.69 Å². The molecule has 0 aliphatic heterocycles. The zero-order valence-corrected chi connectivity index (χ0v) is 17.2. The molecule has 1 aromatic carbocycles. The van der Waals surface area contributed by atoms with Gasteiger partial charge in [0, 0.05) is 33.1 Å². The van der Waals surface area contributed by atoms with Crippen molar-refractivity contribution in [3.63, 3.8) is 0 Å². The second-order valence-electron chi connectivity index (χ2n) is 6.72. The highest BCUT2D eigenvalue weighted by Crippen LogP contribution is 2.23. The highest BCUT2D eigenvalue weighted by atomic mass is 35.5. The molecule has 0 unspecified atom stereocenters. The second-order valence-corrected chi connectivity index (χ2v) is 7.13. The average Bonchev–Trinajstić information content (AvgIpc) is 3.15. The first-order chi connectivity index (χ1) is 13.4. The molecule has 3 rings (SSSR count). The van der Waals surface area contributed by atoms with Gasteiger partial charge in [0.2, 0.25) is 0 Å². The van der Waals surface area contributed by atoms with E-state index >= 15 is 0 Å². The Kier molecular flexibility index (Phi) is 6.16. The van der Waals surface area contributed by atoms with Crippen LogP contribution < -0.4 is 0 Å². The van der Waals surface area contributed by atoms with E-state index in [9.17, 15) is 4.79 Å². The lowest BCUT2D eigenvalue weighted by Crippen LogP contribution is -2.35. The molecule has 0 radical (unpaired) electrons. The molecule has 8 heteroatoms. The molecule has 2 heterocycles. The fraction of sp³-hybridized carbons (Fsp3) is 0.350. The van der Waals surface area contributed by atoms with E-state index in [-0.39, 0.29) is 12.5 Å². The number of carbonyl (C=O) groups is 1. The number of rotatable bonds is 7. The first-order valence-corrected chi connectivity index (χ1v) is 9.31. The highest BCUT2D eigenvalue weighted by Gasteiger charge is 2.28. The molecule has 0 spiro atoms. The standard InChI is InChI=1S/C20H24ClN5O2/c1-14-10-16(22-25(14)3)11-26(13-18-17(21)12-24(2)23-18)20(27)19(28-4)15-8-6-5-7-9-15/h5-10,12,19H,11,13H2,1-4H3/t19-/m0/s1. The van der Waals surface area contributed by atoms with Gasteiger partial charge in [-0.3, -0.25) is 14.2 Å². The van der Waals surface area contributed by atoms with Crippen LogP contribution in [0.3, 0.4) is 0 Å². The number of hydrogen-bond donors (Lipinski definition) is 0. The van der Waals surface area contributed by atoms with Gasteiger partial charge in [-0.25, -0.2) is 0 Å². The van der Waals surface area contributed by atoms with Gasteiger partial charge in [0.25, 0.3) is 5.91 Å². The number of carbonyl (C=O) groups excluding carboxylic acids is 1. The molecule has 0 aliphatic rings. The zero-order valence-electron chi connectivity index (χ0n) is 16.5. The number of ether oxygens (including phenoxy) is 1. The number of halogens is 1. The summed E-state index contributed by atoms with van der Waals surface area (Å²) < 4.78 is 8.97. The van der Waals surface area contributed by atoms with Gasteiger partial charge in [0.15, 0.2) is 6.10 Å². The van der Waals surface area contributed by atoms with E-state index in [4.69, 9.17) is 16.3 Å². The quantitative estimate of drug-likeness (QED) is 0.610. The third kappa shape index (κ3) is 4.43. The number of aromatic nitrogens is 4. The van der Waals surface area contributed by atoms with Crippen LogP contribution in [-0.4, -0.2) is 37.5 Å². The maximum absolute atomic E-state index is 13.4. The molecule has 0 N–H and O–H groups in total. The second kappa shape index (κ2) is 8.58. The molecular formula is C20H24ClN5O2. The smallest absolute Gasteiger partial charge is 0.257 e. The van der Waals surface area contributed by atoms with Crippen LogP contribution >= 0.6 is 11.6 Å². The fourth-order valence-electron chi connectivity index (χ4n) is 3.09. The largest absolute Gasteiger partial charge is 0.367 e. The summed E-state index contributed by atoms with van der Waals surface area (Å²) in [5.74, 6) is -0.168. The van der Waals surface area contributed by atoms with Crippen molar-refractivity contribution in [2.45, 2.75) is 26.1 Å². The zero-order chi connectivity index (χ0) is 20.3. The lowest BCUT2D eigenvalue weighted by molar-refractivity contribution is -0.143. The number of hydrogen-bond acceptors (Lipinski definition) is 4. The lowest BCUT2D eigenvalue weighted by Gasteiger charge is -2.26. The molecule has 0 saturated heterocycles. The van der Waals surface area contributed by atoms with Crippen LogP contribution in [0.15, 0.2) is 42.6 Å². The maximum Gasteiger partial charge on any atom is 0.257 e.